The number of aromatic nitrogens is 2. The third kappa shape index (κ3) is 4.07. The van der Waals surface area contributed by atoms with Crippen LogP contribution in [0.25, 0.3) is 11.4 Å². The lowest BCUT2D eigenvalue weighted by Gasteiger charge is -2.19. The molecule has 1 N–H and O–H groups in total. The first-order chi connectivity index (χ1) is 10.6. The number of carbonyl (C=O) groups excluding carboxylic acids is 1. The number of aryl methyl sites for hydroxylation is 1. The summed E-state index contributed by atoms with van der Waals surface area (Å²) < 4.78 is 5.26. The molecule has 0 aliphatic rings. The monoisotopic (exact) mass is 302 g/mol. The highest BCUT2D eigenvalue weighted by molar-refractivity contribution is 5.74. The van der Waals surface area contributed by atoms with E-state index < -0.39 is 0 Å². The molecule has 0 spiro atoms. The topological polar surface area (TPSA) is 71.3 Å². The Labute approximate surface area is 130 Å². The molecule has 22 heavy (non-hydrogen) atoms. The van der Waals surface area contributed by atoms with E-state index in [2.05, 4.69) is 15.5 Å². The molecular formula is C16H22N4O2. The predicted molar refractivity (Wildman–Crippen MR) is 84.2 cm³/mol. The lowest BCUT2D eigenvalue weighted by atomic mass is 10.1. The van der Waals surface area contributed by atoms with Crippen molar-refractivity contribution < 1.29 is 9.32 Å². The molecule has 0 saturated carbocycles. The van der Waals surface area contributed by atoms with Crippen LogP contribution in [0.1, 0.15) is 31.7 Å². The fourth-order valence-electron chi connectivity index (χ4n) is 2.05. The van der Waals surface area contributed by atoms with Gasteiger partial charge >= 0.3 is 6.03 Å². The zero-order valence-electron chi connectivity index (χ0n) is 13.3. The second kappa shape index (κ2) is 7.59. The Hall–Kier alpha value is -2.37. The van der Waals surface area contributed by atoms with Crippen LogP contribution in [0, 0.1) is 6.92 Å². The van der Waals surface area contributed by atoms with E-state index in [4.69, 9.17) is 4.52 Å². The molecule has 6 heteroatoms. The van der Waals surface area contributed by atoms with Crippen molar-refractivity contribution in [2.45, 2.75) is 33.7 Å². The number of nitrogens with one attached hydrogen (secondary N) is 1. The van der Waals surface area contributed by atoms with Crippen LogP contribution in [-0.2, 0) is 6.54 Å². The van der Waals surface area contributed by atoms with Crippen LogP contribution >= 0.6 is 0 Å². The van der Waals surface area contributed by atoms with E-state index in [9.17, 15) is 4.79 Å². The highest BCUT2D eigenvalue weighted by Crippen LogP contribution is 2.17. The van der Waals surface area contributed by atoms with Gasteiger partial charge in [0.05, 0.1) is 0 Å². The summed E-state index contributed by atoms with van der Waals surface area (Å²) in [6, 6.07) is 7.80. The minimum Gasteiger partial charge on any atom is -0.338 e. The molecule has 0 atom stereocenters. The Morgan fingerprint density at radius 1 is 1.36 bits per heavy atom. The zero-order chi connectivity index (χ0) is 15.9. The Morgan fingerprint density at radius 2 is 2.18 bits per heavy atom. The van der Waals surface area contributed by atoms with Gasteiger partial charge < -0.3 is 14.7 Å². The van der Waals surface area contributed by atoms with Crippen molar-refractivity contribution in [3.63, 3.8) is 0 Å². The number of hydrogen-bond acceptors (Lipinski definition) is 4. The van der Waals surface area contributed by atoms with Gasteiger partial charge in [-0.25, -0.2) is 4.79 Å². The Kier molecular flexibility index (Phi) is 5.52. The molecule has 1 aromatic heterocycles. The first-order valence-electron chi connectivity index (χ1n) is 7.56. The molecule has 0 radical (unpaired) electrons. The van der Waals surface area contributed by atoms with Crippen LogP contribution in [0.4, 0.5) is 4.79 Å². The molecule has 118 valence electrons. The van der Waals surface area contributed by atoms with Crippen LogP contribution in [0.5, 0.6) is 0 Å². The Bertz CT molecular complexity index is 624. The van der Waals surface area contributed by atoms with E-state index in [1.54, 1.807) is 4.90 Å². The minimum absolute atomic E-state index is 0.111. The highest BCUT2D eigenvalue weighted by atomic mass is 16.5. The van der Waals surface area contributed by atoms with Crippen LogP contribution in [0.2, 0.25) is 0 Å². The number of rotatable bonds is 6. The van der Waals surface area contributed by atoms with Gasteiger partial charge in [-0.15, -0.1) is 0 Å². The fourth-order valence-corrected chi connectivity index (χ4v) is 2.05. The van der Waals surface area contributed by atoms with Gasteiger partial charge in [-0.2, -0.15) is 4.98 Å². The van der Waals surface area contributed by atoms with Crippen molar-refractivity contribution in [3.8, 4) is 11.4 Å². The van der Waals surface area contributed by atoms with Gasteiger partial charge in [0.25, 0.3) is 0 Å². The molecule has 0 aliphatic carbocycles. The first-order valence-corrected chi connectivity index (χ1v) is 7.56. The van der Waals surface area contributed by atoms with Gasteiger partial charge in [0.1, 0.15) is 6.54 Å². The number of nitrogens with zero attached hydrogens (tertiary/aromatic N) is 3. The van der Waals surface area contributed by atoms with Crippen LogP contribution in [0.15, 0.2) is 28.8 Å². The summed E-state index contributed by atoms with van der Waals surface area (Å²) in [6.07, 6.45) is 0.904. The highest BCUT2D eigenvalue weighted by Gasteiger charge is 2.16. The summed E-state index contributed by atoms with van der Waals surface area (Å²) in [5.41, 5.74) is 2.05. The lowest BCUT2D eigenvalue weighted by molar-refractivity contribution is 0.189. The molecule has 1 heterocycles. The SMILES string of the molecule is CCCNC(=O)N(CC)Cc1nc(-c2cccc(C)c2)no1. The number of hydrogen-bond donors (Lipinski definition) is 1. The van der Waals surface area contributed by atoms with Crippen LogP contribution in [0.3, 0.4) is 0 Å². The second-order valence-corrected chi connectivity index (χ2v) is 5.13. The van der Waals surface area contributed by atoms with Gasteiger partial charge in [-0.1, -0.05) is 35.8 Å². The summed E-state index contributed by atoms with van der Waals surface area (Å²) in [4.78, 5) is 18.0. The van der Waals surface area contributed by atoms with Gasteiger partial charge in [0.15, 0.2) is 0 Å². The summed E-state index contributed by atoms with van der Waals surface area (Å²) >= 11 is 0. The maximum atomic E-state index is 12.0. The Balaban J connectivity index is 2.06. The van der Waals surface area contributed by atoms with E-state index in [0.29, 0.717) is 31.3 Å². The number of urea groups is 1. The van der Waals surface area contributed by atoms with Crippen molar-refractivity contribution >= 4 is 6.03 Å². The molecule has 6 nitrogen and oxygen atoms in total. The van der Waals surface area contributed by atoms with Gasteiger partial charge in [0, 0.05) is 18.7 Å². The van der Waals surface area contributed by atoms with Gasteiger partial charge in [-0.05, 0) is 26.3 Å². The largest absolute Gasteiger partial charge is 0.338 e. The van der Waals surface area contributed by atoms with E-state index in [1.165, 1.54) is 0 Å². The maximum Gasteiger partial charge on any atom is 0.317 e. The number of benzene rings is 1. The quantitative estimate of drug-likeness (QED) is 0.890. The van der Waals surface area contributed by atoms with Gasteiger partial charge in [-0.3, -0.25) is 0 Å². The van der Waals surface area contributed by atoms with Crippen molar-refractivity contribution in [3.05, 3.63) is 35.7 Å². The normalized spacial score (nSPS) is 10.5. The molecule has 0 saturated heterocycles. The van der Waals surface area contributed by atoms with E-state index in [-0.39, 0.29) is 6.03 Å². The van der Waals surface area contributed by atoms with Crippen molar-refractivity contribution in [1.82, 2.24) is 20.4 Å². The van der Waals surface area contributed by atoms with Crippen LogP contribution < -0.4 is 5.32 Å². The maximum absolute atomic E-state index is 12.0. The van der Waals surface area contributed by atoms with Crippen molar-refractivity contribution in [2.24, 2.45) is 0 Å². The van der Waals surface area contributed by atoms with E-state index in [0.717, 1.165) is 17.5 Å². The average molecular weight is 302 g/mol. The molecule has 0 unspecified atom stereocenters. The average Bonchev–Trinajstić information content (AvgIpc) is 2.99. The van der Waals surface area contributed by atoms with Crippen molar-refractivity contribution in [1.29, 1.82) is 0 Å². The zero-order valence-corrected chi connectivity index (χ0v) is 13.3. The third-order valence-corrected chi connectivity index (χ3v) is 3.27. The third-order valence-electron chi connectivity index (χ3n) is 3.27. The molecule has 0 bridgehead atoms. The van der Waals surface area contributed by atoms with E-state index >= 15 is 0 Å². The predicted octanol–water partition coefficient (Wildman–Crippen LogP) is 2.99. The fraction of sp³-hybridized carbons (Fsp3) is 0.438. The molecule has 0 aliphatic heterocycles. The van der Waals surface area contributed by atoms with Crippen molar-refractivity contribution in [2.75, 3.05) is 13.1 Å². The molecule has 1 aromatic carbocycles. The smallest absolute Gasteiger partial charge is 0.317 e. The summed E-state index contributed by atoms with van der Waals surface area (Å²) in [7, 11) is 0. The first kappa shape index (κ1) is 16.0. The summed E-state index contributed by atoms with van der Waals surface area (Å²) in [5.74, 6) is 0.980. The second-order valence-electron chi connectivity index (χ2n) is 5.13. The molecule has 2 aromatic rings. The summed E-state index contributed by atoms with van der Waals surface area (Å²) in [6.45, 7) is 7.50. The number of amides is 2. The molecular weight excluding hydrogens is 280 g/mol. The minimum atomic E-state index is -0.111. The molecule has 2 amide bonds. The van der Waals surface area contributed by atoms with Gasteiger partial charge in [0.2, 0.25) is 11.7 Å². The Morgan fingerprint density at radius 3 is 2.86 bits per heavy atom. The molecule has 2 rings (SSSR count). The lowest BCUT2D eigenvalue weighted by Crippen LogP contribution is -2.39. The summed E-state index contributed by atoms with van der Waals surface area (Å²) in [5, 5.41) is 6.84. The standard InChI is InChI=1S/C16H22N4O2/c1-4-9-17-16(21)20(5-2)11-14-18-15(19-22-14)13-8-6-7-12(3)10-13/h6-8,10H,4-5,9,11H2,1-3H3,(H,17,21). The number of carbonyl (C=O) groups is 1. The van der Waals surface area contributed by atoms with Crippen LogP contribution in [-0.4, -0.2) is 34.2 Å². The molecule has 0 fully saturated rings. The van der Waals surface area contributed by atoms with E-state index in [1.807, 2.05) is 45.0 Å².